The molecular weight excluding hydrogens is 366 g/mol. The van der Waals surface area contributed by atoms with Gasteiger partial charge >= 0.3 is 5.97 Å². The van der Waals surface area contributed by atoms with E-state index in [1.165, 1.54) is 22.9 Å². The van der Waals surface area contributed by atoms with Crippen LogP contribution in [0.25, 0.3) is 16.6 Å². The minimum atomic E-state index is -0.663. The highest BCUT2D eigenvalue weighted by molar-refractivity contribution is 6.02. The molecule has 0 aliphatic rings. The summed E-state index contributed by atoms with van der Waals surface area (Å²) < 4.78 is 7.80. The topological polar surface area (TPSA) is 122 Å². The number of ether oxygens (including phenoxy) is 1. The van der Waals surface area contributed by atoms with Gasteiger partial charge in [-0.05, 0) is 33.8 Å². The second-order valence-corrected chi connectivity index (χ2v) is 6.42. The first-order chi connectivity index (χ1) is 13.2. The third kappa shape index (κ3) is 3.24. The fourth-order valence-corrected chi connectivity index (χ4v) is 2.89. The molecule has 0 aliphatic carbocycles. The van der Waals surface area contributed by atoms with Gasteiger partial charge in [0.25, 0.3) is 11.2 Å². The maximum atomic E-state index is 12.7. The average Bonchev–Trinajstić information content (AvgIpc) is 2.99. The van der Waals surface area contributed by atoms with Gasteiger partial charge < -0.3 is 4.74 Å². The Balaban J connectivity index is 2.31. The van der Waals surface area contributed by atoms with Crippen molar-refractivity contribution >= 4 is 22.6 Å². The minimum absolute atomic E-state index is 0.0145. The van der Waals surface area contributed by atoms with Crippen LogP contribution in [0.1, 0.15) is 37.0 Å². The lowest BCUT2D eigenvalue weighted by Crippen LogP contribution is -2.26. The van der Waals surface area contributed by atoms with E-state index in [2.05, 4.69) is 10.2 Å². The predicted octanol–water partition coefficient (Wildman–Crippen LogP) is 2.38. The Labute approximate surface area is 159 Å². The van der Waals surface area contributed by atoms with Gasteiger partial charge in [0.05, 0.1) is 27.8 Å². The zero-order valence-corrected chi connectivity index (χ0v) is 15.9. The Morgan fingerprint density at radius 1 is 1.32 bits per heavy atom. The smallest absolute Gasteiger partial charge is 0.359 e. The van der Waals surface area contributed by atoms with E-state index in [9.17, 15) is 19.7 Å². The van der Waals surface area contributed by atoms with Gasteiger partial charge in [-0.1, -0.05) is 6.07 Å². The number of fused-ring (bicyclic) bond motifs is 1. The number of esters is 1. The Kier molecular flexibility index (Phi) is 4.95. The second kappa shape index (κ2) is 7.22. The number of carbonyl (C=O) groups is 1. The van der Waals surface area contributed by atoms with Crippen LogP contribution in [-0.4, -0.2) is 36.6 Å². The standard InChI is InChI=1S/C18H19N5O5/c1-5-21-17(24)15-14(16(19-21)18(25)28-10(2)3)11(4)22(20-15)12-7-6-8-13(9-12)23(26)27/h6-10H,5H2,1-4H3. The maximum Gasteiger partial charge on any atom is 0.359 e. The van der Waals surface area contributed by atoms with Gasteiger partial charge in [0.1, 0.15) is 0 Å². The highest BCUT2D eigenvalue weighted by atomic mass is 16.6. The van der Waals surface area contributed by atoms with Crippen molar-refractivity contribution in [2.45, 2.75) is 40.3 Å². The molecule has 0 atom stereocenters. The summed E-state index contributed by atoms with van der Waals surface area (Å²) in [6.45, 7) is 7.06. The van der Waals surface area contributed by atoms with Crippen molar-refractivity contribution < 1.29 is 14.5 Å². The van der Waals surface area contributed by atoms with Crippen molar-refractivity contribution in [1.29, 1.82) is 0 Å². The number of benzene rings is 1. The van der Waals surface area contributed by atoms with E-state index in [4.69, 9.17) is 4.74 Å². The van der Waals surface area contributed by atoms with Crippen molar-refractivity contribution in [3.05, 3.63) is 56.1 Å². The summed E-state index contributed by atoms with van der Waals surface area (Å²) in [6.07, 6.45) is -0.363. The lowest BCUT2D eigenvalue weighted by atomic mass is 10.2. The number of aryl methyl sites for hydroxylation is 2. The van der Waals surface area contributed by atoms with Gasteiger partial charge in [-0.3, -0.25) is 14.9 Å². The molecule has 2 aromatic heterocycles. The van der Waals surface area contributed by atoms with Crippen LogP contribution in [0.15, 0.2) is 29.1 Å². The van der Waals surface area contributed by atoms with Gasteiger partial charge in [0.2, 0.25) is 0 Å². The van der Waals surface area contributed by atoms with Crippen LogP contribution in [0.4, 0.5) is 5.69 Å². The molecule has 3 rings (SSSR count). The van der Waals surface area contributed by atoms with E-state index >= 15 is 0 Å². The van der Waals surface area contributed by atoms with Crippen LogP contribution in [-0.2, 0) is 11.3 Å². The number of nitro benzene ring substituents is 1. The van der Waals surface area contributed by atoms with E-state index in [0.29, 0.717) is 11.4 Å². The van der Waals surface area contributed by atoms with Crippen LogP contribution in [0, 0.1) is 17.0 Å². The molecule has 2 heterocycles. The third-order valence-corrected chi connectivity index (χ3v) is 4.13. The van der Waals surface area contributed by atoms with Crippen molar-refractivity contribution in [3.63, 3.8) is 0 Å². The Morgan fingerprint density at radius 3 is 2.64 bits per heavy atom. The van der Waals surface area contributed by atoms with Crippen molar-refractivity contribution in [3.8, 4) is 5.69 Å². The van der Waals surface area contributed by atoms with Crippen LogP contribution in [0.5, 0.6) is 0 Å². The summed E-state index contributed by atoms with van der Waals surface area (Å²) in [4.78, 5) is 35.8. The first-order valence-corrected chi connectivity index (χ1v) is 8.70. The highest BCUT2D eigenvalue weighted by Crippen LogP contribution is 2.24. The molecule has 3 aromatic rings. The third-order valence-electron chi connectivity index (χ3n) is 4.13. The quantitative estimate of drug-likeness (QED) is 0.375. The molecule has 0 saturated carbocycles. The number of non-ortho nitro benzene ring substituents is 1. The molecule has 28 heavy (non-hydrogen) atoms. The lowest BCUT2D eigenvalue weighted by molar-refractivity contribution is -0.384. The molecule has 0 spiro atoms. The molecule has 10 nitrogen and oxygen atoms in total. The molecule has 0 radical (unpaired) electrons. The largest absolute Gasteiger partial charge is 0.458 e. The SMILES string of the molecule is CCn1nc(C(=O)OC(C)C)c2c(C)n(-c3cccc([N+](=O)[O-])c3)nc2c1=O. The molecule has 0 saturated heterocycles. The minimum Gasteiger partial charge on any atom is -0.458 e. The summed E-state index contributed by atoms with van der Waals surface area (Å²) in [5.41, 5.74) is 0.328. The van der Waals surface area contributed by atoms with E-state index < -0.39 is 16.5 Å². The Bertz CT molecular complexity index is 1150. The number of rotatable bonds is 5. The molecule has 0 aliphatic heterocycles. The molecule has 1 aromatic carbocycles. The second-order valence-electron chi connectivity index (χ2n) is 6.42. The molecule has 0 unspecified atom stereocenters. The van der Waals surface area contributed by atoms with Gasteiger partial charge in [-0.15, -0.1) is 0 Å². The van der Waals surface area contributed by atoms with Crippen LogP contribution < -0.4 is 5.56 Å². The van der Waals surface area contributed by atoms with Gasteiger partial charge in [-0.25, -0.2) is 14.2 Å². The molecule has 0 amide bonds. The molecule has 146 valence electrons. The van der Waals surface area contributed by atoms with Crippen molar-refractivity contribution in [1.82, 2.24) is 19.6 Å². The maximum absolute atomic E-state index is 12.7. The Morgan fingerprint density at radius 2 is 2.04 bits per heavy atom. The molecule has 0 N–H and O–H groups in total. The normalized spacial score (nSPS) is 11.2. The summed E-state index contributed by atoms with van der Waals surface area (Å²) in [5, 5.41) is 19.8. The highest BCUT2D eigenvalue weighted by Gasteiger charge is 2.25. The number of nitrogens with zero attached hydrogens (tertiary/aromatic N) is 5. The van der Waals surface area contributed by atoms with E-state index in [1.807, 2.05) is 0 Å². The first kappa shape index (κ1) is 19.2. The number of hydrogen-bond donors (Lipinski definition) is 0. The van der Waals surface area contributed by atoms with Gasteiger partial charge in [0.15, 0.2) is 11.2 Å². The monoisotopic (exact) mass is 385 g/mol. The van der Waals surface area contributed by atoms with Crippen LogP contribution in [0.3, 0.4) is 0 Å². The van der Waals surface area contributed by atoms with Crippen molar-refractivity contribution in [2.75, 3.05) is 0 Å². The summed E-state index contributed by atoms with van der Waals surface area (Å²) in [6, 6.07) is 5.86. The zero-order valence-electron chi connectivity index (χ0n) is 15.9. The Hall–Kier alpha value is -3.56. The van der Waals surface area contributed by atoms with E-state index in [-0.39, 0.29) is 34.9 Å². The summed E-state index contributed by atoms with van der Waals surface area (Å²) >= 11 is 0. The molecular formula is C18H19N5O5. The molecule has 0 bridgehead atoms. The number of carbonyl (C=O) groups excluding carboxylic acids is 1. The fraction of sp³-hybridized carbons (Fsp3) is 0.333. The number of aromatic nitrogens is 4. The summed E-state index contributed by atoms with van der Waals surface area (Å²) in [5.74, 6) is -0.663. The summed E-state index contributed by atoms with van der Waals surface area (Å²) in [7, 11) is 0. The molecule has 0 fully saturated rings. The number of hydrogen-bond acceptors (Lipinski definition) is 7. The first-order valence-electron chi connectivity index (χ1n) is 8.70. The zero-order chi connectivity index (χ0) is 20.6. The van der Waals surface area contributed by atoms with E-state index in [1.54, 1.807) is 33.8 Å². The lowest BCUT2D eigenvalue weighted by Gasteiger charge is -2.10. The van der Waals surface area contributed by atoms with Gasteiger partial charge in [-0.2, -0.15) is 10.2 Å². The van der Waals surface area contributed by atoms with Crippen LogP contribution >= 0.6 is 0 Å². The molecule has 10 heteroatoms. The fourth-order valence-electron chi connectivity index (χ4n) is 2.89. The number of nitro groups is 1. The van der Waals surface area contributed by atoms with E-state index in [0.717, 1.165) is 4.68 Å². The van der Waals surface area contributed by atoms with Crippen molar-refractivity contribution in [2.24, 2.45) is 0 Å². The van der Waals surface area contributed by atoms with Gasteiger partial charge in [0, 0.05) is 18.7 Å². The average molecular weight is 385 g/mol. The van der Waals surface area contributed by atoms with Crippen LogP contribution in [0.2, 0.25) is 0 Å². The predicted molar refractivity (Wildman–Crippen MR) is 101 cm³/mol.